The Hall–Kier alpha value is -1.54. The number of anilines is 1. The maximum Gasteiger partial charge on any atom is 0.417 e. The summed E-state index contributed by atoms with van der Waals surface area (Å²) in [6.07, 6.45) is -2.80. The molecule has 1 aromatic heterocycles. The van der Waals surface area contributed by atoms with Crippen LogP contribution in [0.4, 0.5) is 19.0 Å². The first-order valence-electron chi connectivity index (χ1n) is 6.77. The van der Waals surface area contributed by atoms with Gasteiger partial charge in [0.05, 0.1) is 10.6 Å². The molecular formula is C13H16ClF3N4O. The summed E-state index contributed by atoms with van der Waals surface area (Å²) in [6, 6.07) is 0.820. The van der Waals surface area contributed by atoms with E-state index in [9.17, 15) is 18.0 Å². The Morgan fingerprint density at radius 2 is 2.27 bits per heavy atom. The van der Waals surface area contributed by atoms with Crippen molar-refractivity contribution in [3.05, 3.63) is 22.8 Å². The summed E-state index contributed by atoms with van der Waals surface area (Å²) >= 11 is 5.76. The van der Waals surface area contributed by atoms with Gasteiger partial charge in [0.2, 0.25) is 5.91 Å². The van der Waals surface area contributed by atoms with Gasteiger partial charge in [-0.1, -0.05) is 11.6 Å². The van der Waals surface area contributed by atoms with Gasteiger partial charge in [-0.25, -0.2) is 4.98 Å². The molecule has 3 N–H and O–H groups in total. The normalized spacial score (nSPS) is 18.6. The molecule has 2 heterocycles. The molecule has 9 heteroatoms. The molecule has 1 atom stereocenters. The van der Waals surface area contributed by atoms with Gasteiger partial charge in [0.15, 0.2) is 0 Å². The number of nitrogens with two attached hydrogens (primary N) is 1. The van der Waals surface area contributed by atoms with Crippen LogP contribution < -0.4 is 11.1 Å². The number of hydrogen-bond donors (Lipinski definition) is 2. The van der Waals surface area contributed by atoms with Crippen molar-refractivity contribution in [2.45, 2.75) is 25.1 Å². The molecule has 122 valence electrons. The van der Waals surface area contributed by atoms with E-state index in [4.69, 9.17) is 17.3 Å². The van der Waals surface area contributed by atoms with Gasteiger partial charge in [0.25, 0.3) is 0 Å². The van der Waals surface area contributed by atoms with Crippen LogP contribution in [0.5, 0.6) is 0 Å². The summed E-state index contributed by atoms with van der Waals surface area (Å²) in [5.74, 6) is 0.0732. The fourth-order valence-corrected chi connectivity index (χ4v) is 2.42. The van der Waals surface area contributed by atoms with Crippen molar-refractivity contribution >= 4 is 23.3 Å². The van der Waals surface area contributed by atoms with Crippen LogP contribution in [0.3, 0.4) is 0 Å². The number of likely N-dealkylation sites (tertiary alicyclic amines) is 1. The van der Waals surface area contributed by atoms with Crippen LogP contribution in [-0.4, -0.2) is 41.5 Å². The van der Waals surface area contributed by atoms with Gasteiger partial charge in [-0.15, -0.1) is 0 Å². The molecule has 1 aromatic rings. The van der Waals surface area contributed by atoms with Crippen LogP contribution in [0.1, 0.15) is 18.4 Å². The summed E-state index contributed by atoms with van der Waals surface area (Å²) in [6.45, 7) is 1.42. The molecule has 2 rings (SSSR count). The molecule has 0 aromatic carbocycles. The van der Waals surface area contributed by atoms with E-state index in [2.05, 4.69) is 10.3 Å². The minimum Gasteiger partial charge on any atom is -0.368 e. The van der Waals surface area contributed by atoms with Gasteiger partial charge in [-0.2, -0.15) is 13.2 Å². The van der Waals surface area contributed by atoms with Crippen LogP contribution in [0, 0.1) is 0 Å². The monoisotopic (exact) mass is 336 g/mol. The van der Waals surface area contributed by atoms with Gasteiger partial charge in [0, 0.05) is 38.3 Å². The average Bonchev–Trinajstić information content (AvgIpc) is 2.86. The first kappa shape index (κ1) is 16.8. The summed E-state index contributed by atoms with van der Waals surface area (Å²) in [7, 11) is 0. The quantitative estimate of drug-likeness (QED) is 0.883. The third-order valence-electron chi connectivity index (χ3n) is 3.38. The highest BCUT2D eigenvalue weighted by Crippen LogP contribution is 2.32. The van der Waals surface area contributed by atoms with Crippen molar-refractivity contribution in [3.63, 3.8) is 0 Å². The third-order valence-corrected chi connectivity index (χ3v) is 3.67. The zero-order valence-corrected chi connectivity index (χ0v) is 12.4. The second-order valence-electron chi connectivity index (χ2n) is 5.12. The molecule has 1 amide bonds. The van der Waals surface area contributed by atoms with Crippen LogP contribution in [0.25, 0.3) is 0 Å². The zero-order chi connectivity index (χ0) is 16.3. The van der Waals surface area contributed by atoms with Crippen molar-refractivity contribution in [2.75, 3.05) is 25.0 Å². The molecule has 0 saturated carbocycles. The number of hydrogen-bond acceptors (Lipinski definition) is 4. The molecule has 22 heavy (non-hydrogen) atoms. The molecule has 0 spiro atoms. The highest BCUT2D eigenvalue weighted by molar-refractivity contribution is 6.32. The van der Waals surface area contributed by atoms with E-state index in [1.807, 2.05) is 0 Å². The third kappa shape index (κ3) is 4.23. The van der Waals surface area contributed by atoms with E-state index in [0.29, 0.717) is 19.3 Å². The Morgan fingerprint density at radius 3 is 2.82 bits per heavy atom. The first-order chi connectivity index (χ1) is 10.3. The number of carbonyl (C=O) groups excluding carboxylic acids is 1. The Labute approximate surface area is 130 Å². The molecule has 0 radical (unpaired) electrons. The summed E-state index contributed by atoms with van der Waals surface area (Å²) in [5, 5.41) is 2.63. The lowest BCUT2D eigenvalue weighted by Gasteiger charge is -2.16. The van der Waals surface area contributed by atoms with Crippen LogP contribution in [0.2, 0.25) is 5.02 Å². The van der Waals surface area contributed by atoms with E-state index >= 15 is 0 Å². The number of pyridine rings is 1. The molecule has 1 aliphatic heterocycles. The second-order valence-corrected chi connectivity index (χ2v) is 5.52. The molecule has 0 aliphatic carbocycles. The number of aromatic nitrogens is 1. The van der Waals surface area contributed by atoms with Crippen LogP contribution in [-0.2, 0) is 11.0 Å². The van der Waals surface area contributed by atoms with Gasteiger partial charge >= 0.3 is 6.18 Å². The van der Waals surface area contributed by atoms with E-state index < -0.39 is 11.7 Å². The molecule has 0 bridgehead atoms. The van der Waals surface area contributed by atoms with Crippen molar-refractivity contribution in [1.29, 1.82) is 0 Å². The number of alkyl halides is 3. The minimum absolute atomic E-state index is 0.0166. The molecule has 1 fully saturated rings. The number of nitrogens with one attached hydrogen (secondary N) is 1. The van der Waals surface area contributed by atoms with E-state index in [0.717, 1.165) is 12.5 Å². The molecule has 1 unspecified atom stereocenters. The Balaban J connectivity index is 1.86. The number of nitrogens with zero attached hydrogens (tertiary/aromatic N) is 2. The molecule has 1 aliphatic rings. The predicted octanol–water partition coefficient (Wildman–Crippen LogP) is 2.12. The van der Waals surface area contributed by atoms with Gasteiger partial charge < -0.3 is 16.0 Å². The van der Waals surface area contributed by atoms with E-state index in [1.165, 1.54) is 0 Å². The maximum atomic E-state index is 12.5. The van der Waals surface area contributed by atoms with E-state index in [1.54, 1.807) is 4.90 Å². The fraction of sp³-hybridized carbons (Fsp3) is 0.538. The topological polar surface area (TPSA) is 71.2 Å². The number of halogens is 4. The smallest absolute Gasteiger partial charge is 0.368 e. The van der Waals surface area contributed by atoms with Gasteiger partial charge in [-0.3, -0.25) is 4.79 Å². The molecule has 5 nitrogen and oxygen atoms in total. The number of carbonyl (C=O) groups is 1. The second kappa shape index (κ2) is 6.70. The van der Waals surface area contributed by atoms with Crippen LogP contribution >= 0.6 is 11.6 Å². The van der Waals surface area contributed by atoms with E-state index in [-0.39, 0.29) is 35.8 Å². The SMILES string of the molecule is NC1CCN(C(=O)CCNc2ncc(C(F)(F)F)cc2Cl)C1. The Kier molecular flexibility index (Phi) is 5.12. The molecule has 1 saturated heterocycles. The highest BCUT2D eigenvalue weighted by Gasteiger charge is 2.31. The van der Waals surface area contributed by atoms with Gasteiger partial charge in [-0.05, 0) is 12.5 Å². The van der Waals surface area contributed by atoms with Crippen molar-refractivity contribution < 1.29 is 18.0 Å². The predicted molar refractivity (Wildman–Crippen MR) is 76.5 cm³/mol. The van der Waals surface area contributed by atoms with Crippen molar-refractivity contribution in [2.24, 2.45) is 5.73 Å². The van der Waals surface area contributed by atoms with Crippen molar-refractivity contribution in [1.82, 2.24) is 9.88 Å². The summed E-state index contributed by atoms with van der Waals surface area (Å²) < 4.78 is 37.4. The highest BCUT2D eigenvalue weighted by atomic mass is 35.5. The lowest BCUT2D eigenvalue weighted by atomic mass is 10.2. The Bertz CT molecular complexity index is 553. The lowest BCUT2D eigenvalue weighted by Crippen LogP contribution is -2.32. The van der Waals surface area contributed by atoms with Gasteiger partial charge in [0.1, 0.15) is 5.82 Å². The lowest BCUT2D eigenvalue weighted by molar-refractivity contribution is -0.137. The largest absolute Gasteiger partial charge is 0.417 e. The Morgan fingerprint density at radius 1 is 1.55 bits per heavy atom. The molecular weight excluding hydrogens is 321 g/mol. The van der Waals surface area contributed by atoms with Crippen molar-refractivity contribution in [3.8, 4) is 0 Å². The maximum absolute atomic E-state index is 12.5. The standard InChI is InChI=1S/C13H16ClF3N4O/c14-10-5-8(13(15,16)17)6-20-12(10)19-3-1-11(22)21-4-2-9(18)7-21/h5-6,9H,1-4,7,18H2,(H,19,20). The fourth-order valence-electron chi connectivity index (χ4n) is 2.18. The number of amides is 1. The minimum atomic E-state index is -4.49. The summed E-state index contributed by atoms with van der Waals surface area (Å²) in [4.78, 5) is 17.2. The van der Waals surface area contributed by atoms with Crippen LogP contribution in [0.15, 0.2) is 12.3 Å². The number of rotatable bonds is 4. The first-order valence-corrected chi connectivity index (χ1v) is 7.15. The average molecular weight is 337 g/mol. The summed E-state index contributed by atoms with van der Waals surface area (Å²) in [5.41, 5.74) is 4.81. The zero-order valence-electron chi connectivity index (χ0n) is 11.7.